The Morgan fingerprint density at radius 1 is 1.15 bits per heavy atom. The van der Waals surface area contributed by atoms with E-state index in [1.54, 1.807) is 32.3 Å². The lowest BCUT2D eigenvalue weighted by molar-refractivity contribution is 0.0159. The summed E-state index contributed by atoms with van der Waals surface area (Å²) in [6.07, 6.45) is -0.536. The zero-order valence-electron chi connectivity index (χ0n) is 23.7. The number of benzene rings is 1. The number of alkyl carbamates (subject to hydrolysis) is 1. The molecule has 0 aliphatic carbocycles. The van der Waals surface area contributed by atoms with Crippen LogP contribution in [0.1, 0.15) is 64.6 Å². The Hall–Kier alpha value is -2.09. The second-order valence-electron chi connectivity index (χ2n) is 11.9. The van der Waals surface area contributed by atoms with Crippen LogP contribution in [0, 0.1) is 0 Å². The van der Waals surface area contributed by atoms with Crippen LogP contribution in [0.3, 0.4) is 0 Å². The Morgan fingerprint density at radius 2 is 1.77 bits per heavy atom. The van der Waals surface area contributed by atoms with Crippen molar-refractivity contribution >= 4 is 47.8 Å². The highest BCUT2D eigenvalue weighted by Gasteiger charge is 2.53. The number of nitrogens with one attached hydrogen (secondary N) is 2. The number of rotatable bonds is 9. The van der Waals surface area contributed by atoms with Gasteiger partial charge >= 0.3 is 12.2 Å². The predicted octanol–water partition coefficient (Wildman–Crippen LogP) is 7.44. The summed E-state index contributed by atoms with van der Waals surface area (Å²) < 4.78 is 41.4. The molecule has 0 bridgehead atoms. The van der Waals surface area contributed by atoms with Crippen molar-refractivity contribution < 1.29 is 32.6 Å². The quantitative estimate of drug-likeness (QED) is 0.244. The molecule has 39 heavy (non-hydrogen) atoms. The first-order valence-electron chi connectivity index (χ1n) is 12.3. The molecule has 2 amide bonds. The second-order valence-corrected chi connectivity index (χ2v) is 18.4. The Labute approximate surface area is 242 Å². The molecule has 0 saturated heterocycles. The lowest BCUT2D eigenvalue weighted by Gasteiger charge is -2.48. The zero-order valence-corrected chi connectivity index (χ0v) is 27.1. The normalized spacial score (nSPS) is 15.3. The molecule has 1 aromatic heterocycles. The van der Waals surface area contributed by atoms with Crippen LogP contribution in [0.15, 0.2) is 34.2 Å². The Balaban J connectivity index is 2.93. The molecular formula is C26H38BrF2N3O5SSi. The van der Waals surface area contributed by atoms with Crippen LogP contribution in [0.2, 0.25) is 18.1 Å². The van der Waals surface area contributed by atoms with Gasteiger partial charge in [0.25, 0.3) is 5.92 Å². The number of carbonyl (C=O) groups excluding carboxylic acids is 1. The summed E-state index contributed by atoms with van der Waals surface area (Å²) in [5.41, 5.74) is -2.22. The first-order valence-corrected chi connectivity index (χ1v) is 16.9. The van der Waals surface area contributed by atoms with Crippen LogP contribution >= 0.6 is 27.3 Å². The van der Waals surface area contributed by atoms with Gasteiger partial charge in [-0.1, -0.05) is 48.8 Å². The Morgan fingerprint density at radius 3 is 2.21 bits per heavy atom. The third kappa shape index (κ3) is 8.21. The molecule has 8 nitrogen and oxygen atoms in total. The second kappa shape index (κ2) is 11.8. The number of hydrogen-bond donors (Lipinski definition) is 3. The van der Waals surface area contributed by atoms with E-state index >= 15 is 0 Å². The van der Waals surface area contributed by atoms with Crippen molar-refractivity contribution in [3.05, 3.63) is 50.4 Å². The van der Waals surface area contributed by atoms with Crippen molar-refractivity contribution in [3.8, 4) is 0 Å². The number of amides is 2. The van der Waals surface area contributed by atoms with E-state index in [0.29, 0.717) is 10.6 Å². The minimum absolute atomic E-state index is 0.134. The van der Waals surface area contributed by atoms with E-state index in [4.69, 9.17) is 9.16 Å². The van der Waals surface area contributed by atoms with Crippen LogP contribution in [-0.4, -0.2) is 48.8 Å². The van der Waals surface area contributed by atoms with Gasteiger partial charge in [-0.25, -0.2) is 23.4 Å². The van der Waals surface area contributed by atoms with Crippen LogP contribution in [-0.2, 0) is 20.7 Å². The van der Waals surface area contributed by atoms with E-state index in [2.05, 4.69) is 31.5 Å². The molecule has 0 fully saturated rings. The first-order chi connectivity index (χ1) is 17.6. The van der Waals surface area contributed by atoms with Crippen LogP contribution in [0.5, 0.6) is 0 Å². The zero-order chi connectivity index (χ0) is 30.0. The highest BCUT2D eigenvalue weighted by molar-refractivity contribution is 9.10. The summed E-state index contributed by atoms with van der Waals surface area (Å²) >= 11 is 4.55. The lowest BCUT2D eigenvalue weighted by Crippen LogP contribution is -2.62. The van der Waals surface area contributed by atoms with Crippen molar-refractivity contribution in [1.29, 1.82) is 0 Å². The molecule has 2 rings (SSSR count). The predicted molar refractivity (Wildman–Crippen MR) is 154 cm³/mol. The van der Waals surface area contributed by atoms with Crippen LogP contribution in [0.25, 0.3) is 0 Å². The number of ether oxygens (including phenoxy) is 1. The maximum absolute atomic E-state index is 14.3. The summed E-state index contributed by atoms with van der Waals surface area (Å²) in [4.78, 5) is 29.3. The van der Waals surface area contributed by atoms with Gasteiger partial charge in [-0.2, -0.15) is 0 Å². The average Bonchev–Trinajstić information content (AvgIpc) is 3.27. The summed E-state index contributed by atoms with van der Waals surface area (Å²) in [6, 6.07) is 3.25. The molecule has 0 radical (unpaired) electrons. The summed E-state index contributed by atoms with van der Waals surface area (Å²) in [7, 11) is -2.73. The largest absolute Gasteiger partial charge is 0.465 e. The Bertz CT molecular complexity index is 1160. The van der Waals surface area contributed by atoms with Gasteiger partial charge in [-0.05, 0) is 50.5 Å². The van der Waals surface area contributed by atoms with E-state index in [9.17, 15) is 23.5 Å². The standard InChI is InChI=1S/C26H38BrF2N3O5SSi/c1-23(2,3)36-22(35)32-19(15-31-21(33)34)26(20-30-12-13-38-20,37-39(8,9)24(4,5)6)16-10-11-17(18(27)14-16)25(7,28)29/h10-14,19,31H,15H2,1-9H3,(H,32,35)(H,33,34)/t19-,26+/m1/s1. The number of halogens is 3. The van der Waals surface area contributed by atoms with Crippen LogP contribution < -0.4 is 10.6 Å². The van der Waals surface area contributed by atoms with Gasteiger partial charge in [0.1, 0.15) is 10.6 Å². The minimum atomic E-state index is -3.12. The number of alkyl halides is 2. The van der Waals surface area contributed by atoms with E-state index in [-0.39, 0.29) is 21.6 Å². The minimum Gasteiger partial charge on any atom is -0.465 e. The molecule has 1 aromatic carbocycles. The summed E-state index contributed by atoms with van der Waals surface area (Å²) in [6.45, 7) is 15.8. The fourth-order valence-electron chi connectivity index (χ4n) is 3.65. The molecule has 0 unspecified atom stereocenters. The molecule has 1 heterocycles. The van der Waals surface area contributed by atoms with Gasteiger partial charge < -0.3 is 24.9 Å². The van der Waals surface area contributed by atoms with E-state index in [1.807, 2.05) is 33.9 Å². The van der Waals surface area contributed by atoms with Crippen molar-refractivity contribution in [1.82, 2.24) is 15.6 Å². The number of aromatic nitrogens is 1. The number of nitrogens with zero attached hydrogens (tertiary/aromatic N) is 1. The maximum atomic E-state index is 14.3. The smallest absolute Gasteiger partial charge is 0.408 e. The molecule has 0 spiro atoms. The van der Waals surface area contributed by atoms with Crippen molar-refractivity contribution in [2.45, 2.75) is 89.8 Å². The summed E-state index contributed by atoms with van der Waals surface area (Å²) in [5, 5.41) is 16.5. The van der Waals surface area contributed by atoms with Crippen molar-refractivity contribution in [2.24, 2.45) is 0 Å². The monoisotopic (exact) mass is 649 g/mol. The molecule has 2 atom stereocenters. The van der Waals surface area contributed by atoms with Crippen molar-refractivity contribution in [3.63, 3.8) is 0 Å². The third-order valence-corrected chi connectivity index (χ3v) is 12.5. The molecule has 2 aromatic rings. The Kier molecular flexibility index (Phi) is 10.0. The van der Waals surface area contributed by atoms with E-state index in [0.717, 1.165) is 6.92 Å². The van der Waals surface area contributed by atoms with Crippen molar-refractivity contribution in [2.75, 3.05) is 6.54 Å². The van der Waals surface area contributed by atoms with E-state index < -0.39 is 43.7 Å². The van der Waals surface area contributed by atoms with E-state index in [1.165, 1.54) is 29.5 Å². The number of thiazole rings is 1. The lowest BCUT2D eigenvalue weighted by atomic mass is 9.85. The van der Waals surface area contributed by atoms with Gasteiger partial charge in [0.15, 0.2) is 13.9 Å². The molecule has 0 aliphatic rings. The fourth-order valence-corrected chi connectivity index (χ4v) is 6.77. The number of carbonyl (C=O) groups is 2. The highest BCUT2D eigenvalue weighted by atomic mass is 79.9. The SMILES string of the molecule is CC(C)(C)OC(=O)N[C@H](CNC(=O)O)[C@@](O[Si](C)(C)C(C)(C)C)(c1ccc(C(C)(F)F)c(Br)c1)c1nccs1. The average molecular weight is 651 g/mol. The number of carboxylic acid groups (broad SMARTS) is 1. The van der Waals surface area contributed by atoms with Crippen LogP contribution in [0.4, 0.5) is 18.4 Å². The topological polar surface area (TPSA) is 110 Å². The molecule has 13 heteroatoms. The molecule has 218 valence electrons. The fraction of sp³-hybridized carbons (Fsp3) is 0.577. The summed E-state index contributed by atoms with van der Waals surface area (Å²) in [5.74, 6) is -3.12. The molecular weight excluding hydrogens is 612 g/mol. The third-order valence-electron chi connectivity index (χ3n) is 6.48. The van der Waals surface area contributed by atoms with Gasteiger partial charge in [-0.15, -0.1) is 11.3 Å². The van der Waals surface area contributed by atoms with Gasteiger partial charge in [0, 0.05) is 35.1 Å². The molecule has 0 saturated carbocycles. The van der Waals surface area contributed by atoms with Gasteiger partial charge in [-0.3, -0.25) is 0 Å². The van der Waals surface area contributed by atoms with Gasteiger partial charge in [0.2, 0.25) is 0 Å². The highest BCUT2D eigenvalue weighted by Crippen LogP contribution is 2.48. The van der Waals surface area contributed by atoms with Gasteiger partial charge in [0.05, 0.1) is 6.04 Å². The molecule has 3 N–H and O–H groups in total. The first kappa shape index (κ1) is 33.1. The maximum Gasteiger partial charge on any atom is 0.408 e. The molecule has 0 aliphatic heterocycles. The number of hydrogen-bond acceptors (Lipinski definition) is 6.